The van der Waals surface area contributed by atoms with Crippen molar-refractivity contribution in [3.63, 3.8) is 0 Å². The molecule has 1 rings (SSSR count). The van der Waals surface area contributed by atoms with Gasteiger partial charge in [0, 0.05) is 0 Å². The Morgan fingerprint density at radius 1 is 1.50 bits per heavy atom. The standard InChI is InChI=1S/C9H17O/c1-7-4-8(10)6-9(2,3)5-7/h7,10H,4-6H2,1-3H3. The van der Waals surface area contributed by atoms with Crippen molar-refractivity contribution >= 4 is 0 Å². The van der Waals surface area contributed by atoms with Crippen LogP contribution in [-0.4, -0.2) is 5.11 Å². The van der Waals surface area contributed by atoms with Crippen LogP contribution in [0, 0.1) is 17.4 Å². The minimum Gasteiger partial charge on any atom is -0.387 e. The van der Waals surface area contributed by atoms with Gasteiger partial charge in [0.25, 0.3) is 0 Å². The molecule has 0 spiro atoms. The quantitative estimate of drug-likeness (QED) is 0.550. The SMILES string of the molecule is CC1C[C](O)CC(C)(C)C1. The molecule has 1 radical (unpaired) electrons. The van der Waals surface area contributed by atoms with Crippen molar-refractivity contribution in [3.8, 4) is 0 Å². The van der Waals surface area contributed by atoms with E-state index in [-0.39, 0.29) is 0 Å². The number of aliphatic hydroxyl groups excluding tert-OH is 1. The second-order valence-electron chi connectivity index (χ2n) is 4.42. The lowest BCUT2D eigenvalue weighted by Gasteiger charge is -2.35. The molecule has 0 aromatic rings. The first-order chi connectivity index (χ1) is 4.49. The Morgan fingerprint density at radius 3 is 2.50 bits per heavy atom. The number of hydrogen-bond donors (Lipinski definition) is 1. The van der Waals surface area contributed by atoms with Gasteiger partial charge in [-0.3, -0.25) is 0 Å². The molecule has 0 bridgehead atoms. The van der Waals surface area contributed by atoms with Crippen LogP contribution in [0.4, 0.5) is 0 Å². The van der Waals surface area contributed by atoms with Gasteiger partial charge in [0.05, 0.1) is 6.10 Å². The zero-order valence-corrected chi connectivity index (χ0v) is 7.15. The maximum Gasteiger partial charge on any atom is 0.0941 e. The molecule has 1 fully saturated rings. The summed E-state index contributed by atoms with van der Waals surface area (Å²) in [6.45, 7) is 6.65. The summed E-state index contributed by atoms with van der Waals surface area (Å²) >= 11 is 0. The summed E-state index contributed by atoms with van der Waals surface area (Å²) in [5, 5.41) is 9.33. The summed E-state index contributed by atoms with van der Waals surface area (Å²) in [4.78, 5) is 0. The number of aliphatic hydroxyl groups is 1. The van der Waals surface area contributed by atoms with E-state index in [0.29, 0.717) is 17.4 Å². The lowest BCUT2D eigenvalue weighted by Crippen LogP contribution is -2.26. The van der Waals surface area contributed by atoms with E-state index in [1.165, 1.54) is 6.42 Å². The second kappa shape index (κ2) is 2.54. The highest BCUT2D eigenvalue weighted by Crippen LogP contribution is 2.41. The van der Waals surface area contributed by atoms with Crippen molar-refractivity contribution < 1.29 is 5.11 Å². The van der Waals surface area contributed by atoms with Gasteiger partial charge in [-0.25, -0.2) is 0 Å². The summed E-state index contributed by atoms with van der Waals surface area (Å²) < 4.78 is 0. The van der Waals surface area contributed by atoms with Crippen LogP contribution < -0.4 is 0 Å². The Bertz CT molecular complexity index is 106. The summed E-state index contributed by atoms with van der Waals surface area (Å²) in [6, 6.07) is 0. The molecular formula is C9H17O. The first-order valence-electron chi connectivity index (χ1n) is 4.03. The van der Waals surface area contributed by atoms with E-state index >= 15 is 0 Å². The van der Waals surface area contributed by atoms with Gasteiger partial charge < -0.3 is 5.11 Å². The van der Waals surface area contributed by atoms with Gasteiger partial charge in [0.1, 0.15) is 0 Å². The topological polar surface area (TPSA) is 20.2 Å². The minimum atomic E-state index is 0.335. The minimum absolute atomic E-state index is 0.335. The van der Waals surface area contributed by atoms with Crippen LogP contribution in [0.25, 0.3) is 0 Å². The fourth-order valence-electron chi connectivity index (χ4n) is 2.11. The van der Waals surface area contributed by atoms with Crippen molar-refractivity contribution in [3.05, 3.63) is 6.10 Å². The highest BCUT2D eigenvalue weighted by atomic mass is 16.3. The molecule has 1 aliphatic carbocycles. The molecule has 1 heteroatoms. The van der Waals surface area contributed by atoms with E-state index in [4.69, 9.17) is 0 Å². The molecule has 1 atom stereocenters. The third-order valence-corrected chi connectivity index (χ3v) is 2.17. The number of rotatable bonds is 0. The van der Waals surface area contributed by atoms with Gasteiger partial charge in [-0.15, -0.1) is 0 Å². The van der Waals surface area contributed by atoms with Crippen LogP contribution in [0.15, 0.2) is 0 Å². The van der Waals surface area contributed by atoms with Crippen molar-refractivity contribution in [1.29, 1.82) is 0 Å². The van der Waals surface area contributed by atoms with Crippen molar-refractivity contribution in [2.45, 2.75) is 40.0 Å². The van der Waals surface area contributed by atoms with E-state index in [1.807, 2.05) is 0 Å². The predicted octanol–water partition coefficient (Wildman–Crippen LogP) is 2.74. The number of hydrogen-bond acceptors (Lipinski definition) is 1. The highest BCUT2D eigenvalue weighted by molar-refractivity contribution is 4.92. The molecule has 59 valence electrons. The van der Waals surface area contributed by atoms with E-state index in [9.17, 15) is 5.11 Å². The average molecular weight is 141 g/mol. The predicted molar refractivity (Wildman–Crippen MR) is 42.0 cm³/mol. The Balaban J connectivity index is 2.51. The summed E-state index contributed by atoms with van der Waals surface area (Å²) in [7, 11) is 0. The van der Waals surface area contributed by atoms with Crippen LogP contribution in [0.1, 0.15) is 40.0 Å². The van der Waals surface area contributed by atoms with Gasteiger partial charge in [-0.05, 0) is 30.6 Å². The van der Waals surface area contributed by atoms with E-state index in [1.54, 1.807) is 0 Å². The van der Waals surface area contributed by atoms with Crippen LogP contribution >= 0.6 is 0 Å². The van der Waals surface area contributed by atoms with Crippen LogP contribution in [0.3, 0.4) is 0 Å². The van der Waals surface area contributed by atoms with Crippen LogP contribution in [-0.2, 0) is 0 Å². The molecule has 0 aromatic heterocycles. The van der Waals surface area contributed by atoms with Crippen molar-refractivity contribution in [2.24, 2.45) is 11.3 Å². The lowest BCUT2D eigenvalue weighted by atomic mass is 9.72. The van der Waals surface area contributed by atoms with Crippen molar-refractivity contribution in [2.75, 3.05) is 0 Å². The monoisotopic (exact) mass is 141 g/mol. The van der Waals surface area contributed by atoms with E-state index < -0.39 is 0 Å². The molecule has 0 aliphatic heterocycles. The van der Waals surface area contributed by atoms with Crippen LogP contribution in [0.2, 0.25) is 0 Å². The molecular weight excluding hydrogens is 124 g/mol. The van der Waals surface area contributed by atoms with E-state index in [2.05, 4.69) is 20.8 Å². The van der Waals surface area contributed by atoms with Gasteiger partial charge in [-0.2, -0.15) is 0 Å². The zero-order chi connectivity index (χ0) is 7.78. The first kappa shape index (κ1) is 8.06. The zero-order valence-electron chi connectivity index (χ0n) is 7.15. The molecule has 10 heavy (non-hydrogen) atoms. The van der Waals surface area contributed by atoms with Gasteiger partial charge in [0.2, 0.25) is 0 Å². The smallest absolute Gasteiger partial charge is 0.0941 e. The Hall–Kier alpha value is -0.0400. The summed E-state index contributed by atoms with van der Waals surface area (Å²) in [6.07, 6.45) is 3.77. The van der Waals surface area contributed by atoms with E-state index in [0.717, 1.165) is 12.8 Å². The molecule has 0 heterocycles. The Labute approximate surface area is 63.4 Å². The maximum atomic E-state index is 9.33. The molecule has 0 aromatic carbocycles. The average Bonchev–Trinajstić information content (AvgIpc) is 1.54. The lowest BCUT2D eigenvalue weighted by molar-refractivity contribution is 0.117. The Morgan fingerprint density at radius 2 is 2.10 bits per heavy atom. The largest absolute Gasteiger partial charge is 0.387 e. The maximum absolute atomic E-state index is 9.33. The molecule has 1 aliphatic rings. The van der Waals surface area contributed by atoms with Crippen LogP contribution in [0.5, 0.6) is 0 Å². The molecule has 1 saturated carbocycles. The first-order valence-corrected chi connectivity index (χ1v) is 4.03. The highest BCUT2D eigenvalue weighted by Gasteiger charge is 2.31. The third-order valence-electron chi connectivity index (χ3n) is 2.17. The molecule has 1 nitrogen and oxygen atoms in total. The summed E-state index contributed by atoms with van der Waals surface area (Å²) in [5.74, 6) is 0.670. The van der Waals surface area contributed by atoms with Gasteiger partial charge in [-0.1, -0.05) is 20.8 Å². The van der Waals surface area contributed by atoms with Gasteiger partial charge >= 0.3 is 0 Å². The normalized spacial score (nSPS) is 34.2. The third kappa shape index (κ3) is 1.98. The second-order valence-corrected chi connectivity index (χ2v) is 4.42. The fraction of sp³-hybridized carbons (Fsp3) is 0.889. The summed E-state index contributed by atoms with van der Waals surface area (Å²) in [5.41, 5.74) is 0.335. The molecule has 0 amide bonds. The molecule has 0 saturated heterocycles. The van der Waals surface area contributed by atoms with Crippen molar-refractivity contribution in [1.82, 2.24) is 0 Å². The van der Waals surface area contributed by atoms with Gasteiger partial charge in [0.15, 0.2) is 0 Å². The molecule has 1 unspecified atom stereocenters. The Kier molecular flexibility index (Phi) is 2.04. The fourth-order valence-corrected chi connectivity index (χ4v) is 2.11. The molecule has 1 N–H and O–H groups in total.